The summed E-state index contributed by atoms with van der Waals surface area (Å²) < 4.78 is 0. The van der Waals surface area contributed by atoms with Crippen LogP contribution in [0.4, 0.5) is 0 Å². The molecule has 0 aromatic carbocycles. The van der Waals surface area contributed by atoms with Gasteiger partial charge in [-0.25, -0.2) is 0 Å². The predicted octanol–water partition coefficient (Wildman–Crippen LogP) is 6.92. The van der Waals surface area contributed by atoms with Gasteiger partial charge in [-0.15, -0.1) is 0 Å². The number of likely N-dealkylation sites (tertiary alicyclic amines) is 1. The fourth-order valence-electron chi connectivity index (χ4n) is 3.21. The zero-order valence-electron chi connectivity index (χ0n) is 22.1. The first-order chi connectivity index (χ1) is 13.9. The molecule has 0 radical (unpaired) electrons. The van der Waals surface area contributed by atoms with E-state index in [-0.39, 0.29) is 13.3 Å². The highest BCUT2D eigenvalue weighted by Gasteiger charge is 2.28. The molecule has 0 aromatic rings. The molecule has 1 aliphatic rings. The van der Waals surface area contributed by atoms with Crippen molar-refractivity contribution in [2.45, 2.75) is 108 Å². The molecule has 1 amide bonds. The summed E-state index contributed by atoms with van der Waals surface area (Å²) in [4.78, 5) is 19.3. The zero-order valence-corrected chi connectivity index (χ0v) is 22.1. The van der Waals surface area contributed by atoms with Crippen LogP contribution in [0.25, 0.3) is 0 Å². The molecule has 0 aromatic heterocycles. The lowest BCUT2D eigenvalue weighted by molar-refractivity contribution is -0.137. The summed E-state index contributed by atoms with van der Waals surface area (Å²) in [5, 5.41) is 0. The van der Waals surface area contributed by atoms with E-state index >= 15 is 0 Å². The van der Waals surface area contributed by atoms with Crippen LogP contribution in [-0.2, 0) is 4.79 Å². The number of carbonyl (C=O) groups excluding carboxylic acids is 1. The minimum absolute atomic E-state index is 0. The summed E-state index contributed by atoms with van der Waals surface area (Å²) >= 11 is 0. The number of hydrogen-bond donors (Lipinski definition) is 0. The van der Waals surface area contributed by atoms with Gasteiger partial charge in [-0.3, -0.25) is 4.79 Å². The Kier molecular flexibility index (Phi) is 29.4. The lowest BCUT2D eigenvalue weighted by atomic mass is 9.97. The van der Waals surface area contributed by atoms with Crippen LogP contribution in [0, 0.1) is 5.92 Å². The van der Waals surface area contributed by atoms with E-state index in [1.807, 2.05) is 41.5 Å². The molecular formula is C26H59N3O. The van der Waals surface area contributed by atoms with Gasteiger partial charge in [-0.05, 0) is 65.9 Å². The second kappa shape index (κ2) is 24.2. The van der Waals surface area contributed by atoms with Crippen molar-refractivity contribution in [2.24, 2.45) is 5.92 Å². The number of rotatable bonds is 8. The van der Waals surface area contributed by atoms with Gasteiger partial charge in [0.1, 0.15) is 0 Å². The van der Waals surface area contributed by atoms with Crippen molar-refractivity contribution in [1.82, 2.24) is 14.7 Å². The van der Waals surface area contributed by atoms with Gasteiger partial charge < -0.3 is 14.7 Å². The van der Waals surface area contributed by atoms with Crippen molar-refractivity contribution in [3.8, 4) is 0 Å². The van der Waals surface area contributed by atoms with Crippen molar-refractivity contribution in [3.05, 3.63) is 11.8 Å². The Morgan fingerprint density at radius 2 is 1.47 bits per heavy atom. The molecule has 1 saturated heterocycles. The Bertz CT molecular complexity index is 386. The topological polar surface area (TPSA) is 26.8 Å². The van der Waals surface area contributed by atoms with Crippen LogP contribution < -0.4 is 0 Å². The molecule has 0 spiro atoms. The Hall–Kier alpha value is -1.03. The van der Waals surface area contributed by atoms with Gasteiger partial charge >= 0.3 is 0 Å². The Labute approximate surface area is 192 Å². The van der Waals surface area contributed by atoms with E-state index in [1.54, 1.807) is 0 Å². The Morgan fingerprint density at radius 1 is 1.00 bits per heavy atom. The largest absolute Gasteiger partial charge is 0.377 e. The summed E-state index contributed by atoms with van der Waals surface area (Å²) in [6.45, 7) is 21.3. The highest BCUT2D eigenvalue weighted by atomic mass is 16.2. The molecule has 1 rings (SSSR count). The number of carbonyl (C=O) groups is 1. The average Bonchev–Trinajstić information content (AvgIpc) is 2.77. The van der Waals surface area contributed by atoms with Crippen molar-refractivity contribution in [3.63, 3.8) is 0 Å². The normalized spacial score (nSPS) is 14.7. The number of nitrogens with zero attached hydrogens (tertiary/aromatic N) is 3. The van der Waals surface area contributed by atoms with E-state index in [0.29, 0.717) is 11.9 Å². The third-order valence-electron chi connectivity index (χ3n) is 5.10. The predicted molar refractivity (Wildman–Crippen MR) is 139 cm³/mol. The molecule has 0 saturated carbocycles. The van der Waals surface area contributed by atoms with Crippen LogP contribution in [0.3, 0.4) is 0 Å². The van der Waals surface area contributed by atoms with Crippen LogP contribution in [0.15, 0.2) is 11.8 Å². The van der Waals surface area contributed by atoms with Crippen LogP contribution in [-0.4, -0.2) is 67.4 Å². The van der Waals surface area contributed by atoms with E-state index in [0.717, 1.165) is 51.7 Å². The summed E-state index contributed by atoms with van der Waals surface area (Å²) in [5.74, 6) is 0.560. The van der Waals surface area contributed by atoms with E-state index < -0.39 is 0 Å². The first-order valence-electron chi connectivity index (χ1n) is 12.2. The SMILES string of the molecule is C.CC.CC.CC.CC/C(C)=C/N(C)C1CCN(C(=O)C(CC)CCN(C)C)CC1. The van der Waals surface area contributed by atoms with Crippen LogP contribution in [0.2, 0.25) is 0 Å². The first-order valence-corrected chi connectivity index (χ1v) is 12.2. The average molecular weight is 430 g/mol. The fraction of sp³-hybridized carbons (Fsp3) is 0.885. The maximum Gasteiger partial charge on any atom is 0.225 e. The van der Waals surface area contributed by atoms with Crippen molar-refractivity contribution in [2.75, 3.05) is 40.8 Å². The van der Waals surface area contributed by atoms with Gasteiger partial charge in [0.25, 0.3) is 0 Å². The third-order valence-corrected chi connectivity index (χ3v) is 5.10. The summed E-state index contributed by atoms with van der Waals surface area (Å²) in [7, 11) is 6.32. The monoisotopic (exact) mass is 429 g/mol. The van der Waals surface area contributed by atoms with Crippen LogP contribution in [0.1, 0.15) is 102 Å². The minimum Gasteiger partial charge on any atom is -0.377 e. The maximum atomic E-state index is 12.7. The van der Waals surface area contributed by atoms with Crippen molar-refractivity contribution < 1.29 is 4.79 Å². The van der Waals surface area contributed by atoms with Gasteiger partial charge in [-0.2, -0.15) is 0 Å². The molecule has 0 N–H and O–H groups in total. The molecular weight excluding hydrogens is 370 g/mol. The van der Waals surface area contributed by atoms with Crippen LogP contribution in [0.5, 0.6) is 0 Å². The summed E-state index contributed by atoms with van der Waals surface area (Å²) in [6.07, 6.45) is 7.46. The smallest absolute Gasteiger partial charge is 0.225 e. The Balaban J connectivity index is -0.000000441. The lowest BCUT2D eigenvalue weighted by Gasteiger charge is -2.38. The molecule has 0 aliphatic carbocycles. The number of piperidine rings is 1. The highest BCUT2D eigenvalue weighted by Crippen LogP contribution is 2.21. The second-order valence-corrected chi connectivity index (χ2v) is 7.25. The van der Waals surface area contributed by atoms with Gasteiger partial charge in [0.15, 0.2) is 0 Å². The highest BCUT2D eigenvalue weighted by molar-refractivity contribution is 5.78. The van der Waals surface area contributed by atoms with Crippen molar-refractivity contribution in [1.29, 1.82) is 0 Å². The van der Waals surface area contributed by atoms with Gasteiger partial charge in [-0.1, -0.05) is 68.4 Å². The molecule has 0 bridgehead atoms. The number of hydrogen-bond acceptors (Lipinski definition) is 3. The number of amides is 1. The molecule has 30 heavy (non-hydrogen) atoms. The van der Waals surface area contributed by atoms with Gasteiger partial charge in [0.05, 0.1) is 0 Å². The van der Waals surface area contributed by atoms with E-state index in [2.05, 4.69) is 62.8 Å². The Morgan fingerprint density at radius 3 is 1.83 bits per heavy atom. The van der Waals surface area contributed by atoms with E-state index in [9.17, 15) is 4.79 Å². The molecule has 1 heterocycles. The van der Waals surface area contributed by atoms with Crippen molar-refractivity contribution >= 4 is 5.91 Å². The quantitative estimate of drug-likeness (QED) is 0.419. The van der Waals surface area contributed by atoms with Crippen LogP contribution >= 0.6 is 0 Å². The first kappa shape index (κ1) is 36.3. The standard InChI is InChI=1S/C19H37N3O.3C2H6.CH4/c1-7-16(3)15-21(6)18-10-13-22(14-11-18)19(23)17(8-2)9-12-20(4)5;3*1-2;/h15,17-18H,7-14H2,1-6H3;3*1-2H3;1H4/b16-15+;;;;. The molecule has 1 fully saturated rings. The number of allylic oxidation sites excluding steroid dienone is 1. The minimum atomic E-state index is 0. The molecule has 4 nitrogen and oxygen atoms in total. The molecule has 184 valence electrons. The lowest BCUT2D eigenvalue weighted by Crippen LogP contribution is -2.46. The molecule has 1 unspecified atom stereocenters. The molecule has 1 aliphatic heterocycles. The second-order valence-electron chi connectivity index (χ2n) is 7.25. The third kappa shape index (κ3) is 15.8. The van der Waals surface area contributed by atoms with Gasteiger partial charge in [0, 0.05) is 32.1 Å². The zero-order chi connectivity index (χ0) is 23.4. The summed E-state index contributed by atoms with van der Waals surface area (Å²) in [6, 6.07) is 0.572. The fourth-order valence-corrected chi connectivity index (χ4v) is 3.21. The van der Waals surface area contributed by atoms with Gasteiger partial charge in [0.2, 0.25) is 5.91 Å². The maximum absolute atomic E-state index is 12.7. The summed E-state index contributed by atoms with van der Waals surface area (Å²) in [5.41, 5.74) is 1.42. The van der Waals surface area contributed by atoms with E-state index in [1.165, 1.54) is 5.57 Å². The molecule has 4 heteroatoms. The molecule has 1 atom stereocenters. The van der Waals surface area contributed by atoms with E-state index in [4.69, 9.17) is 0 Å².